The van der Waals surface area contributed by atoms with Gasteiger partial charge in [0.1, 0.15) is 0 Å². The van der Waals surface area contributed by atoms with Crippen molar-refractivity contribution >= 4 is 17.6 Å². The van der Waals surface area contributed by atoms with E-state index in [0.717, 1.165) is 43.3 Å². The molecule has 1 aromatic heterocycles. The van der Waals surface area contributed by atoms with E-state index in [1.54, 1.807) is 26.3 Å². The van der Waals surface area contributed by atoms with Crippen molar-refractivity contribution in [3.05, 3.63) is 54.0 Å². The molecule has 3 rings (SSSR count). The molecule has 1 aliphatic heterocycles. The van der Waals surface area contributed by atoms with E-state index in [4.69, 9.17) is 9.15 Å². The van der Waals surface area contributed by atoms with Crippen LogP contribution >= 0.6 is 0 Å². The Morgan fingerprint density at radius 1 is 1.37 bits per heavy atom. The average molecular weight is 370 g/mol. The first kappa shape index (κ1) is 19.0. The Morgan fingerprint density at radius 2 is 2.26 bits per heavy atom. The molecule has 0 radical (unpaired) electrons. The molecule has 7 heteroatoms. The van der Waals surface area contributed by atoms with Crippen LogP contribution in [0.15, 0.2) is 52.1 Å². The molecule has 0 spiro atoms. The second-order valence-electron chi connectivity index (χ2n) is 6.59. The Balaban J connectivity index is 1.55. The third-order valence-electron chi connectivity index (χ3n) is 4.58. The quantitative estimate of drug-likeness (QED) is 0.604. The fourth-order valence-corrected chi connectivity index (χ4v) is 3.27. The maximum atomic E-state index is 12.1. The molecule has 1 fully saturated rings. The van der Waals surface area contributed by atoms with E-state index in [1.807, 2.05) is 24.3 Å². The number of methoxy groups -OCH3 is 1. The van der Waals surface area contributed by atoms with Gasteiger partial charge in [-0.1, -0.05) is 12.1 Å². The summed E-state index contributed by atoms with van der Waals surface area (Å²) >= 11 is 0. The number of likely N-dealkylation sites (tertiary alicyclic amines) is 1. The van der Waals surface area contributed by atoms with Crippen molar-refractivity contribution < 1.29 is 13.9 Å². The minimum atomic E-state index is -0.262. The van der Waals surface area contributed by atoms with Gasteiger partial charge in [0.2, 0.25) is 0 Å². The highest BCUT2D eigenvalue weighted by Crippen LogP contribution is 2.17. The van der Waals surface area contributed by atoms with Crippen molar-refractivity contribution in [2.24, 2.45) is 10.9 Å². The summed E-state index contributed by atoms with van der Waals surface area (Å²) in [5.74, 6) is 1.47. The second-order valence-corrected chi connectivity index (χ2v) is 6.59. The highest BCUT2D eigenvalue weighted by atomic mass is 16.5. The van der Waals surface area contributed by atoms with Crippen LogP contribution < -0.4 is 10.6 Å². The fourth-order valence-electron chi connectivity index (χ4n) is 3.27. The third kappa shape index (κ3) is 5.10. The summed E-state index contributed by atoms with van der Waals surface area (Å²) in [5, 5.41) is 6.25. The lowest BCUT2D eigenvalue weighted by Crippen LogP contribution is -2.39. The summed E-state index contributed by atoms with van der Waals surface area (Å²) in [7, 11) is 3.54. The zero-order chi connectivity index (χ0) is 19.1. The van der Waals surface area contributed by atoms with E-state index >= 15 is 0 Å². The number of benzene rings is 1. The lowest BCUT2D eigenvalue weighted by atomic mass is 10.1. The first-order chi connectivity index (χ1) is 13.2. The monoisotopic (exact) mass is 370 g/mol. The number of carbonyl (C=O) groups excluding carboxylic acids is 1. The van der Waals surface area contributed by atoms with Crippen molar-refractivity contribution in [1.29, 1.82) is 0 Å². The van der Waals surface area contributed by atoms with Gasteiger partial charge in [0, 0.05) is 45.4 Å². The second kappa shape index (κ2) is 9.23. The van der Waals surface area contributed by atoms with Crippen LogP contribution in [0.3, 0.4) is 0 Å². The molecular weight excluding hydrogens is 344 g/mol. The smallest absolute Gasteiger partial charge is 0.291 e. The van der Waals surface area contributed by atoms with Crippen molar-refractivity contribution in [3.63, 3.8) is 0 Å². The number of furan rings is 1. The largest absolute Gasteiger partial charge is 0.459 e. The molecule has 1 amide bonds. The maximum absolute atomic E-state index is 12.1. The van der Waals surface area contributed by atoms with Gasteiger partial charge in [-0.25, -0.2) is 0 Å². The van der Waals surface area contributed by atoms with E-state index in [0.29, 0.717) is 18.2 Å². The van der Waals surface area contributed by atoms with Gasteiger partial charge >= 0.3 is 0 Å². The van der Waals surface area contributed by atoms with Gasteiger partial charge in [-0.05, 0) is 36.2 Å². The summed E-state index contributed by atoms with van der Waals surface area (Å²) < 4.78 is 10.4. The normalized spacial score (nSPS) is 17.2. The lowest BCUT2D eigenvalue weighted by Gasteiger charge is -2.21. The number of amides is 1. The van der Waals surface area contributed by atoms with E-state index in [2.05, 4.69) is 20.5 Å². The number of hydrogen-bond acceptors (Lipinski definition) is 4. The molecule has 27 heavy (non-hydrogen) atoms. The number of anilines is 1. The molecule has 1 aliphatic rings. The molecule has 0 aliphatic carbocycles. The molecule has 7 nitrogen and oxygen atoms in total. The maximum Gasteiger partial charge on any atom is 0.291 e. The SMILES string of the molecule is CN=C(NCc1cccc(NC(=O)c2ccco2)c1)N1CCC(COC)C1. The van der Waals surface area contributed by atoms with Gasteiger partial charge < -0.3 is 24.7 Å². The number of rotatable bonds is 6. The minimum Gasteiger partial charge on any atom is -0.459 e. The number of hydrogen-bond donors (Lipinski definition) is 2. The fraction of sp³-hybridized carbons (Fsp3) is 0.400. The molecule has 1 aromatic carbocycles. The molecule has 1 saturated heterocycles. The predicted octanol–water partition coefficient (Wildman–Crippen LogP) is 2.58. The number of aliphatic imine (C=N–C) groups is 1. The Kier molecular flexibility index (Phi) is 6.49. The highest BCUT2D eigenvalue weighted by molar-refractivity contribution is 6.02. The molecule has 2 heterocycles. The summed E-state index contributed by atoms with van der Waals surface area (Å²) in [6, 6.07) is 11.1. The zero-order valence-electron chi connectivity index (χ0n) is 15.8. The van der Waals surface area contributed by atoms with Crippen LogP contribution in [0.5, 0.6) is 0 Å². The molecule has 0 bridgehead atoms. The average Bonchev–Trinajstić information content (AvgIpc) is 3.35. The molecule has 0 saturated carbocycles. The van der Waals surface area contributed by atoms with Crippen molar-refractivity contribution in [2.45, 2.75) is 13.0 Å². The number of nitrogens with zero attached hydrogens (tertiary/aromatic N) is 2. The van der Waals surface area contributed by atoms with Crippen molar-refractivity contribution in [2.75, 3.05) is 39.2 Å². The Hall–Kier alpha value is -2.80. The summed E-state index contributed by atoms with van der Waals surface area (Å²) in [6.45, 7) is 3.34. The number of nitrogens with one attached hydrogen (secondary N) is 2. The van der Waals surface area contributed by atoms with Crippen LogP contribution in [0.2, 0.25) is 0 Å². The highest BCUT2D eigenvalue weighted by Gasteiger charge is 2.24. The number of carbonyl (C=O) groups is 1. The van der Waals surface area contributed by atoms with Crippen LogP contribution in [0.4, 0.5) is 5.69 Å². The predicted molar refractivity (Wildman–Crippen MR) is 105 cm³/mol. The van der Waals surface area contributed by atoms with Gasteiger partial charge in [0.15, 0.2) is 11.7 Å². The topological polar surface area (TPSA) is 79.1 Å². The van der Waals surface area contributed by atoms with Crippen LogP contribution in [-0.2, 0) is 11.3 Å². The molecule has 1 unspecified atom stereocenters. The number of ether oxygens (including phenoxy) is 1. The molecule has 144 valence electrons. The Labute approximate surface area is 159 Å². The molecule has 2 aromatic rings. The Morgan fingerprint density at radius 3 is 3.00 bits per heavy atom. The summed E-state index contributed by atoms with van der Waals surface area (Å²) in [6.07, 6.45) is 2.60. The summed E-state index contributed by atoms with van der Waals surface area (Å²) in [4.78, 5) is 18.7. The summed E-state index contributed by atoms with van der Waals surface area (Å²) in [5.41, 5.74) is 1.79. The van der Waals surface area contributed by atoms with Gasteiger partial charge in [0.25, 0.3) is 5.91 Å². The van der Waals surface area contributed by atoms with Gasteiger partial charge in [-0.3, -0.25) is 9.79 Å². The zero-order valence-corrected chi connectivity index (χ0v) is 15.8. The van der Waals surface area contributed by atoms with E-state index in [1.165, 1.54) is 6.26 Å². The van der Waals surface area contributed by atoms with Crippen molar-refractivity contribution in [3.8, 4) is 0 Å². The molecule has 1 atom stereocenters. The van der Waals surface area contributed by atoms with Crippen LogP contribution in [-0.4, -0.2) is 50.6 Å². The Bertz CT molecular complexity index is 773. The van der Waals surface area contributed by atoms with Crippen LogP contribution in [0.25, 0.3) is 0 Å². The minimum absolute atomic E-state index is 0.262. The standard InChI is InChI=1S/C20H26N4O3/c1-21-20(24-9-8-16(13-24)14-26-2)22-12-15-5-3-6-17(11-15)23-19(25)18-7-4-10-27-18/h3-7,10-11,16H,8-9,12-14H2,1-2H3,(H,21,22)(H,23,25). The lowest BCUT2D eigenvalue weighted by molar-refractivity contribution is 0.0996. The van der Waals surface area contributed by atoms with Gasteiger partial charge in [-0.15, -0.1) is 0 Å². The van der Waals surface area contributed by atoms with E-state index < -0.39 is 0 Å². The van der Waals surface area contributed by atoms with E-state index in [-0.39, 0.29) is 5.91 Å². The van der Waals surface area contributed by atoms with Crippen LogP contribution in [0, 0.1) is 5.92 Å². The first-order valence-corrected chi connectivity index (χ1v) is 9.08. The number of guanidine groups is 1. The van der Waals surface area contributed by atoms with Gasteiger partial charge in [-0.2, -0.15) is 0 Å². The molecule has 2 N–H and O–H groups in total. The van der Waals surface area contributed by atoms with Crippen molar-refractivity contribution in [1.82, 2.24) is 10.2 Å². The third-order valence-corrected chi connectivity index (χ3v) is 4.58. The van der Waals surface area contributed by atoms with E-state index in [9.17, 15) is 4.79 Å². The van der Waals surface area contributed by atoms with Gasteiger partial charge in [0.05, 0.1) is 12.9 Å². The molecular formula is C20H26N4O3. The first-order valence-electron chi connectivity index (χ1n) is 9.08. The van der Waals surface area contributed by atoms with Crippen LogP contribution in [0.1, 0.15) is 22.5 Å².